The smallest absolute Gasteiger partial charge is 0.326 e. The molecule has 1 aliphatic rings. The van der Waals surface area contributed by atoms with E-state index in [9.17, 15) is 9.59 Å². The molecule has 6 heteroatoms. The Kier molecular flexibility index (Phi) is 5.60. The molecular weight excluding hydrogens is 246 g/mol. The van der Waals surface area contributed by atoms with E-state index in [1.807, 2.05) is 0 Å². The second kappa shape index (κ2) is 6.75. The van der Waals surface area contributed by atoms with Gasteiger partial charge < -0.3 is 20.2 Å². The van der Waals surface area contributed by atoms with E-state index in [4.69, 9.17) is 5.11 Å². The molecule has 1 saturated heterocycles. The van der Waals surface area contributed by atoms with Crippen molar-refractivity contribution in [3.63, 3.8) is 0 Å². The van der Waals surface area contributed by atoms with Gasteiger partial charge in [0, 0.05) is 26.2 Å². The highest BCUT2D eigenvalue weighted by molar-refractivity contribution is 5.82. The lowest BCUT2D eigenvalue weighted by Gasteiger charge is -2.23. The fraction of sp³-hybridized carbons (Fsp3) is 0.846. The molecule has 110 valence electrons. The van der Waals surface area contributed by atoms with Crippen LogP contribution in [0.3, 0.4) is 0 Å². The number of hydrogen-bond donors (Lipinski definition) is 2. The largest absolute Gasteiger partial charge is 0.480 e. The van der Waals surface area contributed by atoms with Crippen molar-refractivity contribution in [1.29, 1.82) is 0 Å². The topological polar surface area (TPSA) is 72.9 Å². The van der Waals surface area contributed by atoms with Gasteiger partial charge in [0.05, 0.1) is 0 Å². The van der Waals surface area contributed by atoms with Crippen LogP contribution in [0.5, 0.6) is 0 Å². The van der Waals surface area contributed by atoms with Gasteiger partial charge in [-0.05, 0) is 39.7 Å². The number of nitrogens with one attached hydrogen (secondary N) is 1. The predicted molar refractivity (Wildman–Crippen MR) is 73.1 cm³/mol. The molecule has 6 nitrogen and oxygen atoms in total. The zero-order valence-electron chi connectivity index (χ0n) is 12.2. The fourth-order valence-electron chi connectivity index (χ4n) is 2.20. The van der Waals surface area contributed by atoms with Gasteiger partial charge in [-0.3, -0.25) is 0 Å². The van der Waals surface area contributed by atoms with E-state index in [0.29, 0.717) is 18.5 Å². The summed E-state index contributed by atoms with van der Waals surface area (Å²) in [5.74, 6) is -0.538. The van der Waals surface area contributed by atoms with E-state index in [2.05, 4.69) is 24.1 Å². The number of carbonyl (C=O) groups is 2. The highest BCUT2D eigenvalue weighted by atomic mass is 16.4. The van der Waals surface area contributed by atoms with E-state index in [-0.39, 0.29) is 6.03 Å². The van der Waals surface area contributed by atoms with Crippen LogP contribution >= 0.6 is 0 Å². The minimum absolute atomic E-state index is 0.321. The summed E-state index contributed by atoms with van der Waals surface area (Å²) in [5.41, 5.74) is 0. The summed E-state index contributed by atoms with van der Waals surface area (Å²) >= 11 is 0. The van der Waals surface area contributed by atoms with Crippen molar-refractivity contribution in [2.45, 2.75) is 39.3 Å². The molecule has 1 heterocycles. The predicted octanol–water partition coefficient (Wildman–Crippen LogP) is 0.831. The summed E-state index contributed by atoms with van der Waals surface area (Å²) in [5, 5.41) is 11.7. The summed E-state index contributed by atoms with van der Waals surface area (Å²) in [4.78, 5) is 26.2. The van der Waals surface area contributed by atoms with Crippen LogP contribution in [0.1, 0.15) is 27.2 Å². The van der Waals surface area contributed by atoms with Crippen molar-refractivity contribution >= 4 is 12.0 Å². The third-order valence-corrected chi connectivity index (χ3v) is 3.85. The number of carboxylic acid groups (broad SMARTS) is 1. The molecule has 1 aliphatic heterocycles. The Morgan fingerprint density at radius 3 is 2.53 bits per heavy atom. The zero-order chi connectivity index (χ0) is 14.6. The molecule has 1 rings (SSSR count). The number of nitrogens with zero attached hydrogens (tertiary/aromatic N) is 2. The van der Waals surface area contributed by atoms with E-state index >= 15 is 0 Å². The normalized spacial score (nSPS) is 21.4. The van der Waals surface area contributed by atoms with Crippen LogP contribution in [0.25, 0.3) is 0 Å². The lowest BCUT2D eigenvalue weighted by atomic mass is 10.1. The Balaban J connectivity index is 2.33. The van der Waals surface area contributed by atoms with Gasteiger partial charge in [-0.15, -0.1) is 0 Å². The first-order valence-corrected chi connectivity index (χ1v) is 6.80. The summed E-state index contributed by atoms with van der Waals surface area (Å²) < 4.78 is 0. The SMILES string of the molecule is CC(C)N1CCC(CNC(=O)N(C)C(C)C(=O)O)C1. The van der Waals surface area contributed by atoms with Gasteiger partial charge in [0.1, 0.15) is 6.04 Å². The Labute approximate surface area is 114 Å². The maximum Gasteiger partial charge on any atom is 0.326 e. The minimum Gasteiger partial charge on any atom is -0.480 e. The molecule has 2 N–H and O–H groups in total. The zero-order valence-corrected chi connectivity index (χ0v) is 12.2. The maximum atomic E-state index is 11.8. The first-order chi connectivity index (χ1) is 8.82. The Morgan fingerprint density at radius 1 is 1.42 bits per heavy atom. The van der Waals surface area contributed by atoms with E-state index in [0.717, 1.165) is 19.5 Å². The van der Waals surface area contributed by atoms with Crippen molar-refractivity contribution in [3.05, 3.63) is 0 Å². The van der Waals surface area contributed by atoms with Crippen LogP contribution in [0.4, 0.5) is 4.79 Å². The second-order valence-electron chi connectivity index (χ2n) is 5.55. The number of amides is 2. The lowest BCUT2D eigenvalue weighted by Crippen LogP contribution is -2.47. The van der Waals surface area contributed by atoms with Gasteiger partial charge in [0.15, 0.2) is 0 Å². The molecule has 0 aromatic heterocycles. The van der Waals surface area contributed by atoms with Crippen LogP contribution in [-0.4, -0.2) is 65.7 Å². The summed E-state index contributed by atoms with van der Waals surface area (Å²) in [6, 6.07) is -0.593. The number of likely N-dealkylation sites (tertiary alicyclic amines) is 1. The molecule has 0 spiro atoms. The van der Waals surface area contributed by atoms with Gasteiger partial charge in [0.25, 0.3) is 0 Å². The van der Waals surface area contributed by atoms with Crippen molar-refractivity contribution < 1.29 is 14.7 Å². The molecule has 0 aliphatic carbocycles. The number of urea groups is 1. The van der Waals surface area contributed by atoms with Crippen molar-refractivity contribution in [1.82, 2.24) is 15.1 Å². The highest BCUT2D eigenvalue weighted by Gasteiger charge is 2.26. The molecular formula is C13H25N3O3. The first kappa shape index (κ1) is 15.8. The number of carbonyl (C=O) groups excluding carboxylic acids is 1. The third kappa shape index (κ3) is 4.38. The number of aliphatic carboxylic acids is 1. The van der Waals surface area contributed by atoms with Gasteiger partial charge >= 0.3 is 12.0 Å². The molecule has 2 amide bonds. The molecule has 2 atom stereocenters. The van der Waals surface area contributed by atoms with Gasteiger partial charge in [-0.25, -0.2) is 9.59 Å². The summed E-state index contributed by atoms with van der Waals surface area (Å²) in [6.07, 6.45) is 1.08. The highest BCUT2D eigenvalue weighted by Crippen LogP contribution is 2.17. The van der Waals surface area contributed by atoms with Gasteiger partial charge in [-0.2, -0.15) is 0 Å². The minimum atomic E-state index is -0.996. The number of likely N-dealkylation sites (N-methyl/N-ethyl adjacent to an activating group) is 1. The molecule has 0 saturated carbocycles. The fourth-order valence-corrected chi connectivity index (χ4v) is 2.20. The maximum absolute atomic E-state index is 11.8. The quantitative estimate of drug-likeness (QED) is 0.777. The Bertz CT molecular complexity index is 333. The summed E-state index contributed by atoms with van der Waals surface area (Å²) in [7, 11) is 1.50. The molecule has 2 unspecified atom stereocenters. The number of hydrogen-bond acceptors (Lipinski definition) is 3. The molecule has 0 bridgehead atoms. The number of rotatable bonds is 5. The molecule has 1 fully saturated rings. The molecule has 0 aromatic carbocycles. The van der Waals surface area contributed by atoms with E-state index < -0.39 is 12.0 Å². The monoisotopic (exact) mass is 271 g/mol. The van der Waals surface area contributed by atoms with Crippen molar-refractivity contribution in [3.8, 4) is 0 Å². The van der Waals surface area contributed by atoms with E-state index in [1.165, 1.54) is 18.9 Å². The van der Waals surface area contributed by atoms with Crippen LogP contribution in [0.2, 0.25) is 0 Å². The van der Waals surface area contributed by atoms with Crippen LogP contribution in [0, 0.1) is 5.92 Å². The van der Waals surface area contributed by atoms with Crippen LogP contribution in [-0.2, 0) is 4.79 Å². The third-order valence-electron chi connectivity index (χ3n) is 3.85. The van der Waals surface area contributed by atoms with Crippen LogP contribution in [0.15, 0.2) is 0 Å². The average Bonchev–Trinajstić information content (AvgIpc) is 2.82. The lowest BCUT2D eigenvalue weighted by molar-refractivity contribution is -0.141. The first-order valence-electron chi connectivity index (χ1n) is 6.80. The van der Waals surface area contributed by atoms with E-state index in [1.54, 1.807) is 0 Å². The molecule has 19 heavy (non-hydrogen) atoms. The van der Waals surface area contributed by atoms with Gasteiger partial charge in [0.2, 0.25) is 0 Å². The van der Waals surface area contributed by atoms with Gasteiger partial charge in [-0.1, -0.05) is 0 Å². The average molecular weight is 271 g/mol. The molecule has 0 aromatic rings. The molecule has 0 radical (unpaired) electrons. The Morgan fingerprint density at radius 2 is 2.05 bits per heavy atom. The standard InChI is InChI=1S/C13H25N3O3/c1-9(2)16-6-5-11(8-16)7-14-13(19)15(4)10(3)12(17)18/h9-11H,5-8H2,1-4H3,(H,14,19)(H,17,18). The second-order valence-corrected chi connectivity index (χ2v) is 5.55. The van der Waals surface area contributed by atoms with Crippen molar-refractivity contribution in [2.24, 2.45) is 5.92 Å². The Hall–Kier alpha value is -1.30. The van der Waals surface area contributed by atoms with Crippen molar-refractivity contribution in [2.75, 3.05) is 26.7 Å². The number of carboxylic acids is 1. The van der Waals surface area contributed by atoms with Crippen LogP contribution < -0.4 is 5.32 Å². The summed E-state index contributed by atoms with van der Waals surface area (Å²) in [6.45, 7) is 8.51.